The number of halogens is 1. The maximum absolute atomic E-state index is 13.3. The number of fused-ring (bicyclic) bond motifs is 2. The van der Waals surface area contributed by atoms with Gasteiger partial charge in [-0.3, -0.25) is 23.4 Å². The fourth-order valence-electron chi connectivity index (χ4n) is 4.25. The second-order valence-electron chi connectivity index (χ2n) is 9.33. The zero-order valence-electron chi connectivity index (χ0n) is 22.0. The van der Waals surface area contributed by atoms with E-state index in [0.29, 0.717) is 56.9 Å². The van der Waals surface area contributed by atoms with Crippen LogP contribution in [-0.4, -0.2) is 39.8 Å². The van der Waals surface area contributed by atoms with E-state index in [9.17, 15) is 22.8 Å². The summed E-state index contributed by atoms with van der Waals surface area (Å²) in [6.07, 6.45) is 2.65. The number of carbonyl (C=O) groups excluding carboxylic acids is 1. The number of hydrogen-bond acceptors (Lipinski definition) is 9. The van der Waals surface area contributed by atoms with E-state index < -0.39 is 10.0 Å². The molecule has 0 atom stereocenters. The molecule has 15 heteroatoms. The number of aromatic nitrogens is 4. The number of amides is 1. The van der Waals surface area contributed by atoms with E-state index in [1.54, 1.807) is 34.9 Å². The van der Waals surface area contributed by atoms with Crippen molar-refractivity contribution in [2.75, 3.05) is 6.54 Å². The molecule has 0 aliphatic carbocycles. The van der Waals surface area contributed by atoms with E-state index in [2.05, 4.69) is 15.3 Å². The number of sulfonamides is 1. The Labute approximate surface area is 253 Å². The van der Waals surface area contributed by atoms with Crippen molar-refractivity contribution in [1.29, 1.82) is 0 Å². The molecule has 0 spiro atoms. The second kappa shape index (κ2) is 12.8. The summed E-state index contributed by atoms with van der Waals surface area (Å²) in [5, 5.41) is 10.7. The van der Waals surface area contributed by atoms with Crippen molar-refractivity contribution in [2.24, 2.45) is 5.14 Å². The van der Waals surface area contributed by atoms with Crippen LogP contribution in [0.1, 0.15) is 24.1 Å². The van der Waals surface area contributed by atoms with Gasteiger partial charge in [-0.2, -0.15) is 0 Å². The highest BCUT2D eigenvalue weighted by Gasteiger charge is 2.15. The molecule has 0 aliphatic rings. The minimum Gasteiger partial charge on any atom is -0.356 e. The molecular formula is C27H25ClN6O5S3. The Bertz CT molecular complexity index is 2010. The van der Waals surface area contributed by atoms with Crippen LogP contribution in [0.2, 0.25) is 5.02 Å². The Morgan fingerprint density at radius 2 is 1.88 bits per heavy atom. The molecule has 0 bridgehead atoms. The van der Waals surface area contributed by atoms with Gasteiger partial charge in [0.2, 0.25) is 15.9 Å². The van der Waals surface area contributed by atoms with Crippen LogP contribution >= 0.6 is 34.7 Å². The zero-order chi connectivity index (χ0) is 29.9. The SMILES string of the molecule is NS(=O)(=O)c1ccc(CCNC(=O)CCCn2c(SCc3cc(=O)n4cc(Cl)ccc4n3)nc3ccsc3c2=O)cc1. The third-order valence-corrected chi connectivity index (χ3v) is 9.38. The monoisotopic (exact) mass is 644 g/mol. The summed E-state index contributed by atoms with van der Waals surface area (Å²) >= 11 is 8.61. The number of benzene rings is 1. The summed E-state index contributed by atoms with van der Waals surface area (Å²) in [4.78, 5) is 47.5. The second-order valence-corrected chi connectivity index (χ2v) is 13.2. The van der Waals surface area contributed by atoms with Crippen LogP contribution in [0.4, 0.5) is 0 Å². The maximum Gasteiger partial charge on any atom is 0.272 e. The van der Waals surface area contributed by atoms with E-state index in [0.717, 1.165) is 5.56 Å². The number of thioether (sulfide) groups is 1. The van der Waals surface area contributed by atoms with Gasteiger partial charge in [0, 0.05) is 37.5 Å². The number of pyridine rings is 1. The number of nitrogens with one attached hydrogen (secondary N) is 1. The van der Waals surface area contributed by atoms with Gasteiger partial charge in [-0.1, -0.05) is 35.5 Å². The van der Waals surface area contributed by atoms with E-state index in [1.807, 2.05) is 5.38 Å². The zero-order valence-corrected chi connectivity index (χ0v) is 25.2. The van der Waals surface area contributed by atoms with E-state index in [-0.39, 0.29) is 34.9 Å². The Kier molecular flexibility index (Phi) is 9.08. The quantitative estimate of drug-likeness (QED) is 0.164. The van der Waals surface area contributed by atoms with Gasteiger partial charge in [0.05, 0.1) is 21.1 Å². The lowest BCUT2D eigenvalue weighted by molar-refractivity contribution is -0.121. The largest absolute Gasteiger partial charge is 0.356 e. The van der Waals surface area contributed by atoms with Crippen molar-refractivity contribution in [1.82, 2.24) is 24.3 Å². The molecule has 0 saturated heterocycles. The minimum atomic E-state index is -3.75. The van der Waals surface area contributed by atoms with Crippen molar-refractivity contribution in [2.45, 2.75) is 41.6 Å². The topological polar surface area (TPSA) is 159 Å². The summed E-state index contributed by atoms with van der Waals surface area (Å²) in [6.45, 7) is 0.666. The lowest BCUT2D eigenvalue weighted by Crippen LogP contribution is -2.27. The predicted molar refractivity (Wildman–Crippen MR) is 164 cm³/mol. The first kappa shape index (κ1) is 29.9. The molecule has 1 amide bonds. The fraction of sp³-hybridized carbons (Fsp3) is 0.222. The van der Waals surface area contributed by atoms with Crippen LogP contribution in [0.3, 0.4) is 0 Å². The number of primary sulfonamides is 1. The van der Waals surface area contributed by atoms with Gasteiger partial charge in [-0.15, -0.1) is 11.3 Å². The molecule has 5 aromatic rings. The first-order valence-electron chi connectivity index (χ1n) is 12.8. The van der Waals surface area contributed by atoms with Crippen molar-refractivity contribution < 1.29 is 13.2 Å². The molecule has 0 radical (unpaired) electrons. The van der Waals surface area contributed by atoms with Crippen LogP contribution < -0.4 is 21.6 Å². The van der Waals surface area contributed by atoms with Gasteiger partial charge in [-0.25, -0.2) is 23.5 Å². The highest BCUT2D eigenvalue weighted by molar-refractivity contribution is 7.98. The summed E-state index contributed by atoms with van der Waals surface area (Å²) < 4.78 is 26.2. The predicted octanol–water partition coefficient (Wildman–Crippen LogP) is 3.20. The molecule has 0 unspecified atom stereocenters. The maximum atomic E-state index is 13.3. The third-order valence-electron chi connectivity index (χ3n) is 6.33. The molecular weight excluding hydrogens is 620 g/mol. The first-order valence-corrected chi connectivity index (χ1v) is 16.5. The van der Waals surface area contributed by atoms with Gasteiger partial charge < -0.3 is 5.32 Å². The lowest BCUT2D eigenvalue weighted by atomic mass is 10.1. The first-order chi connectivity index (χ1) is 20.1. The lowest BCUT2D eigenvalue weighted by Gasteiger charge is -2.12. The average molecular weight is 645 g/mol. The van der Waals surface area contributed by atoms with Gasteiger partial charge in [0.15, 0.2) is 5.16 Å². The number of carbonyl (C=O) groups is 1. The van der Waals surface area contributed by atoms with Gasteiger partial charge in [0.1, 0.15) is 10.3 Å². The van der Waals surface area contributed by atoms with Crippen LogP contribution in [-0.2, 0) is 33.5 Å². The Morgan fingerprint density at radius 1 is 1.10 bits per heavy atom. The van der Waals surface area contributed by atoms with Gasteiger partial charge >= 0.3 is 0 Å². The molecule has 218 valence electrons. The Balaban J connectivity index is 1.21. The van der Waals surface area contributed by atoms with Crippen LogP contribution in [0.5, 0.6) is 0 Å². The Hall–Kier alpha value is -3.56. The molecule has 3 N–H and O–H groups in total. The standard InChI is InChI=1S/C27H25ClN6O5S3/c28-18-5-8-22-31-19(14-24(36)34(22)15-18)16-41-27-32-21-10-13-40-25(21)26(37)33(27)12-1-2-23(35)30-11-9-17-3-6-20(7-4-17)42(29,38)39/h3-8,10,13-15H,1-2,9,11-12,16H2,(H,30,35)(H2,29,38,39). The summed E-state index contributed by atoms with van der Waals surface area (Å²) in [5.74, 6) is 0.152. The molecule has 1 aromatic carbocycles. The van der Waals surface area contributed by atoms with Crippen LogP contribution in [0.15, 0.2) is 79.7 Å². The summed E-state index contributed by atoms with van der Waals surface area (Å²) in [7, 11) is -3.75. The molecule has 0 fully saturated rings. The summed E-state index contributed by atoms with van der Waals surface area (Å²) in [5.41, 5.74) is 2.02. The fourth-order valence-corrected chi connectivity index (χ4v) is 6.62. The molecule has 11 nitrogen and oxygen atoms in total. The molecule has 5 rings (SSSR count). The number of nitrogens with zero attached hydrogens (tertiary/aromatic N) is 4. The molecule has 4 heterocycles. The highest BCUT2D eigenvalue weighted by Crippen LogP contribution is 2.24. The Morgan fingerprint density at radius 3 is 2.64 bits per heavy atom. The number of nitrogens with two attached hydrogens (primary N) is 1. The number of hydrogen-bond donors (Lipinski definition) is 2. The van der Waals surface area contributed by atoms with Crippen LogP contribution in [0.25, 0.3) is 15.9 Å². The number of thiophene rings is 1. The number of rotatable bonds is 11. The van der Waals surface area contributed by atoms with Gasteiger partial charge in [-0.05, 0) is 54.1 Å². The van der Waals surface area contributed by atoms with E-state index in [1.165, 1.54) is 51.9 Å². The highest BCUT2D eigenvalue weighted by atomic mass is 35.5. The van der Waals surface area contributed by atoms with Crippen molar-refractivity contribution in [3.05, 3.63) is 97.1 Å². The average Bonchev–Trinajstić information content (AvgIpc) is 3.42. The minimum absolute atomic E-state index is 0.0336. The van der Waals surface area contributed by atoms with Crippen molar-refractivity contribution in [3.8, 4) is 0 Å². The normalized spacial score (nSPS) is 11.8. The van der Waals surface area contributed by atoms with Gasteiger partial charge in [0.25, 0.3) is 11.1 Å². The van der Waals surface area contributed by atoms with E-state index >= 15 is 0 Å². The smallest absolute Gasteiger partial charge is 0.272 e. The molecule has 0 aliphatic heterocycles. The molecule has 4 aromatic heterocycles. The van der Waals surface area contributed by atoms with Crippen LogP contribution in [0, 0.1) is 0 Å². The molecule has 42 heavy (non-hydrogen) atoms. The van der Waals surface area contributed by atoms with Crippen molar-refractivity contribution in [3.63, 3.8) is 0 Å². The molecule has 0 saturated carbocycles. The van der Waals surface area contributed by atoms with Crippen molar-refractivity contribution >= 4 is 66.5 Å². The van der Waals surface area contributed by atoms with E-state index in [4.69, 9.17) is 16.7 Å². The third kappa shape index (κ3) is 7.07. The summed E-state index contributed by atoms with van der Waals surface area (Å²) in [6, 6.07) is 12.7.